The number of aromatic nitrogens is 1. The summed E-state index contributed by atoms with van der Waals surface area (Å²) in [5, 5.41) is 0. The molecule has 4 heteroatoms. The Kier molecular flexibility index (Phi) is 2.98. The molecule has 0 N–H and O–H groups in total. The third-order valence-corrected chi connectivity index (χ3v) is 4.16. The summed E-state index contributed by atoms with van der Waals surface area (Å²) in [6, 6.07) is 3.03. The van der Waals surface area contributed by atoms with Gasteiger partial charge < -0.3 is 9.47 Å². The average Bonchev–Trinajstić information content (AvgIpc) is 2.33. The van der Waals surface area contributed by atoms with Gasteiger partial charge in [0.1, 0.15) is 11.9 Å². The van der Waals surface area contributed by atoms with Crippen molar-refractivity contribution in [3.05, 3.63) is 23.6 Å². The van der Waals surface area contributed by atoms with Gasteiger partial charge in [-0.15, -0.1) is 0 Å². The zero-order chi connectivity index (χ0) is 12.6. The first kappa shape index (κ1) is 11.9. The van der Waals surface area contributed by atoms with Crippen molar-refractivity contribution in [3.8, 4) is 5.88 Å². The van der Waals surface area contributed by atoms with Gasteiger partial charge in [-0.3, -0.25) is 0 Å². The molecule has 98 valence electrons. The van der Waals surface area contributed by atoms with E-state index in [2.05, 4.69) is 4.98 Å². The van der Waals surface area contributed by atoms with Gasteiger partial charge in [0.2, 0.25) is 5.88 Å². The van der Waals surface area contributed by atoms with E-state index in [-0.39, 0.29) is 11.9 Å². The monoisotopic (exact) mass is 251 g/mol. The van der Waals surface area contributed by atoms with Crippen LogP contribution in [0.3, 0.4) is 0 Å². The van der Waals surface area contributed by atoms with Crippen LogP contribution >= 0.6 is 0 Å². The lowest BCUT2D eigenvalue weighted by Crippen LogP contribution is -2.47. The number of ether oxygens (including phenoxy) is 2. The molecular formula is C14H18FNO2. The molecule has 1 spiro atoms. The number of pyridine rings is 1. The minimum atomic E-state index is -0.281. The number of hydrogen-bond acceptors (Lipinski definition) is 3. The molecule has 0 bridgehead atoms. The first-order valence-electron chi connectivity index (χ1n) is 6.54. The van der Waals surface area contributed by atoms with Gasteiger partial charge in [-0.05, 0) is 44.1 Å². The molecule has 1 saturated carbocycles. The topological polar surface area (TPSA) is 31.4 Å². The van der Waals surface area contributed by atoms with E-state index in [0.717, 1.165) is 38.9 Å². The second-order valence-electron chi connectivity index (χ2n) is 5.48. The molecule has 0 radical (unpaired) electrons. The number of hydrogen-bond donors (Lipinski definition) is 0. The van der Waals surface area contributed by atoms with E-state index in [1.54, 1.807) is 13.0 Å². The summed E-state index contributed by atoms with van der Waals surface area (Å²) in [5.41, 5.74) is 0.838. The third kappa shape index (κ3) is 2.21. The van der Waals surface area contributed by atoms with Crippen LogP contribution in [0.25, 0.3) is 0 Å². The Morgan fingerprint density at radius 2 is 2.06 bits per heavy atom. The van der Waals surface area contributed by atoms with E-state index in [1.165, 1.54) is 6.07 Å². The summed E-state index contributed by atoms with van der Waals surface area (Å²) in [7, 11) is 0. The first-order chi connectivity index (χ1) is 8.67. The van der Waals surface area contributed by atoms with Gasteiger partial charge in [-0.25, -0.2) is 9.37 Å². The maximum atomic E-state index is 13.1. The quantitative estimate of drug-likeness (QED) is 0.810. The predicted octanol–water partition coefficient (Wildman–Crippen LogP) is 2.87. The lowest BCUT2D eigenvalue weighted by atomic mass is 9.62. The molecule has 0 atom stereocenters. The summed E-state index contributed by atoms with van der Waals surface area (Å²) >= 11 is 0. The molecule has 0 aromatic carbocycles. The van der Waals surface area contributed by atoms with Gasteiger partial charge in [0.15, 0.2) is 0 Å². The summed E-state index contributed by atoms with van der Waals surface area (Å²) in [4.78, 5) is 4.11. The highest BCUT2D eigenvalue weighted by molar-refractivity contribution is 5.17. The van der Waals surface area contributed by atoms with Gasteiger partial charge in [-0.2, -0.15) is 0 Å². The maximum Gasteiger partial charge on any atom is 0.213 e. The van der Waals surface area contributed by atoms with Gasteiger partial charge >= 0.3 is 0 Å². The third-order valence-electron chi connectivity index (χ3n) is 4.16. The Bertz CT molecular complexity index is 435. The van der Waals surface area contributed by atoms with Crippen LogP contribution in [0.2, 0.25) is 0 Å². The Labute approximate surface area is 106 Å². The molecular weight excluding hydrogens is 233 g/mol. The summed E-state index contributed by atoms with van der Waals surface area (Å²) in [6.07, 6.45) is 4.68. The molecule has 1 saturated heterocycles. The highest BCUT2D eigenvalue weighted by Crippen LogP contribution is 2.49. The maximum absolute atomic E-state index is 13.1. The first-order valence-corrected chi connectivity index (χ1v) is 6.54. The van der Waals surface area contributed by atoms with Crippen LogP contribution in [0.4, 0.5) is 4.39 Å². The molecule has 1 aliphatic heterocycles. The van der Waals surface area contributed by atoms with Crippen LogP contribution in [0.15, 0.2) is 12.1 Å². The molecule has 18 heavy (non-hydrogen) atoms. The fourth-order valence-electron chi connectivity index (χ4n) is 2.96. The van der Waals surface area contributed by atoms with E-state index >= 15 is 0 Å². The molecule has 1 aromatic heterocycles. The molecule has 3 nitrogen and oxygen atoms in total. The summed E-state index contributed by atoms with van der Waals surface area (Å²) in [6.45, 7) is 3.41. The van der Waals surface area contributed by atoms with E-state index in [9.17, 15) is 4.39 Å². The Morgan fingerprint density at radius 3 is 2.72 bits per heavy atom. The Balaban J connectivity index is 1.57. The molecule has 0 unspecified atom stereocenters. The van der Waals surface area contributed by atoms with E-state index in [4.69, 9.17) is 9.47 Å². The molecule has 0 amide bonds. The Morgan fingerprint density at radius 1 is 1.33 bits per heavy atom. The Hall–Kier alpha value is -1.16. The van der Waals surface area contributed by atoms with Crippen LogP contribution in [-0.2, 0) is 4.74 Å². The van der Waals surface area contributed by atoms with Crippen molar-refractivity contribution in [3.63, 3.8) is 0 Å². The summed E-state index contributed by atoms with van der Waals surface area (Å²) in [5.74, 6) is 0.262. The molecule has 2 fully saturated rings. The number of nitrogens with zero attached hydrogens (tertiary/aromatic N) is 1. The number of rotatable bonds is 2. The highest BCUT2D eigenvalue weighted by Gasteiger charge is 2.46. The molecule has 3 rings (SSSR count). The zero-order valence-electron chi connectivity index (χ0n) is 10.6. The zero-order valence-corrected chi connectivity index (χ0v) is 10.6. The van der Waals surface area contributed by atoms with Crippen molar-refractivity contribution in [1.29, 1.82) is 0 Å². The lowest BCUT2D eigenvalue weighted by molar-refractivity contribution is -0.0869. The second-order valence-corrected chi connectivity index (χ2v) is 5.48. The van der Waals surface area contributed by atoms with Crippen molar-refractivity contribution < 1.29 is 13.9 Å². The van der Waals surface area contributed by atoms with Gasteiger partial charge in [0.25, 0.3) is 0 Å². The SMILES string of the molecule is Cc1nc(OC2CC3(CCOCC3)C2)ccc1F. The molecule has 2 heterocycles. The van der Waals surface area contributed by atoms with Gasteiger partial charge in [0.05, 0.1) is 5.69 Å². The van der Waals surface area contributed by atoms with Crippen molar-refractivity contribution >= 4 is 0 Å². The second kappa shape index (κ2) is 4.50. The van der Waals surface area contributed by atoms with Crippen molar-refractivity contribution in [2.75, 3.05) is 13.2 Å². The minimum Gasteiger partial charge on any atom is -0.474 e. The fraction of sp³-hybridized carbons (Fsp3) is 0.643. The summed E-state index contributed by atoms with van der Waals surface area (Å²) < 4.78 is 24.3. The van der Waals surface area contributed by atoms with Crippen molar-refractivity contribution in [2.45, 2.75) is 38.7 Å². The highest BCUT2D eigenvalue weighted by atomic mass is 19.1. The number of aryl methyl sites for hydroxylation is 1. The van der Waals surface area contributed by atoms with Gasteiger partial charge in [0, 0.05) is 19.3 Å². The smallest absolute Gasteiger partial charge is 0.213 e. The number of halogens is 1. The van der Waals surface area contributed by atoms with E-state index in [1.807, 2.05) is 0 Å². The predicted molar refractivity (Wildman–Crippen MR) is 65.1 cm³/mol. The van der Waals surface area contributed by atoms with Crippen LogP contribution in [-0.4, -0.2) is 24.3 Å². The molecule has 1 aliphatic carbocycles. The largest absolute Gasteiger partial charge is 0.474 e. The van der Waals surface area contributed by atoms with Crippen LogP contribution in [0.5, 0.6) is 5.88 Å². The fourth-order valence-corrected chi connectivity index (χ4v) is 2.96. The van der Waals surface area contributed by atoms with Gasteiger partial charge in [-0.1, -0.05) is 0 Å². The van der Waals surface area contributed by atoms with Crippen LogP contribution in [0.1, 0.15) is 31.4 Å². The van der Waals surface area contributed by atoms with Crippen LogP contribution in [0, 0.1) is 18.2 Å². The van der Waals surface area contributed by atoms with Crippen molar-refractivity contribution in [1.82, 2.24) is 4.98 Å². The van der Waals surface area contributed by atoms with E-state index in [0.29, 0.717) is 17.0 Å². The molecule has 1 aromatic rings. The van der Waals surface area contributed by atoms with Crippen molar-refractivity contribution in [2.24, 2.45) is 5.41 Å². The average molecular weight is 251 g/mol. The lowest BCUT2D eigenvalue weighted by Gasteiger charge is -2.49. The minimum absolute atomic E-state index is 0.237. The molecule has 2 aliphatic rings. The van der Waals surface area contributed by atoms with Crippen LogP contribution < -0.4 is 4.74 Å². The normalized spacial score (nSPS) is 22.8. The standard InChI is InChI=1S/C14H18FNO2/c1-10-12(15)2-3-13(16-10)18-11-8-14(9-11)4-6-17-7-5-14/h2-3,11H,4-9H2,1H3. The van der Waals surface area contributed by atoms with E-state index < -0.39 is 0 Å².